The molecule has 0 spiro atoms. The van der Waals surface area contributed by atoms with Crippen LogP contribution in [0.4, 0.5) is 11.6 Å². The number of nitrogen functional groups attached to an aromatic ring is 1. The zero-order chi connectivity index (χ0) is 15.2. The molecule has 5 nitrogen and oxygen atoms in total. The third kappa shape index (κ3) is 4.41. The fourth-order valence-electron chi connectivity index (χ4n) is 2.04. The fourth-order valence-corrected chi connectivity index (χ4v) is 2.30. The van der Waals surface area contributed by atoms with E-state index in [1.807, 2.05) is 18.2 Å². The van der Waals surface area contributed by atoms with Crippen molar-refractivity contribution < 1.29 is 0 Å². The summed E-state index contributed by atoms with van der Waals surface area (Å²) in [6, 6.07) is 10.2. The molecular weight excluding hydrogens is 330 g/mol. The summed E-state index contributed by atoms with van der Waals surface area (Å²) in [5.41, 5.74) is 3.78. The van der Waals surface area contributed by atoms with Gasteiger partial charge >= 0.3 is 0 Å². The van der Waals surface area contributed by atoms with Gasteiger partial charge in [0.15, 0.2) is 0 Å². The van der Waals surface area contributed by atoms with Crippen molar-refractivity contribution in [2.75, 3.05) is 10.7 Å². The van der Waals surface area contributed by atoms with Crippen molar-refractivity contribution in [1.29, 1.82) is 0 Å². The highest BCUT2D eigenvalue weighted by atomic mass is 79.9. The molecule has 0 saturated carbocycles. The fraction of sp³-hybridized carbons (Fsp3) is 0.333. The van der Waals surface area contributed by atoms with Gasteiger partial charge in [0.2, 0.25) is 0 Å². The van der Waals surface area contributed by atoms with Crippen LogP contribution in [0.1, 0.15) is 37.7 Å². The zero-order valence-corrected chi connectivity index (χ0v) is 13.8. The Kier molecular flexibility index (Phi) is 5.52. The van der Waals surface area contributed by atoms with Crippen molar-refractivity contribution in [3.63, 3.8) is 0 Å². The number of hydrazine groups is 1. The molecule has 1 unspecified atom stereocenters. The Labute approximate surface area is 133 Å². The van der Waals surface area contributed by atoms with Crippen LogP contribution in [0.25, 0.3) is 0 Å². The molecule has 21 heavy (non-hydrogen) atoms. The Balaban J connectivity index is 2.17. The summed E-state index contributed by atoms with van der Waals surface area (Å²) >= 11 is 3.44. The van der Waals surface area contributed by atoms with Gasteiger partial charge in [0, 0.05) is 23.0 Å². The van der Waals surface area contributed by atoms with Crippen molar-refractivity contribution in [2.24, 2.45) is 5.84 Å². The molecular formula is C15H20BrN5. The van der Waals surface area contributed by atoms with Crippen LogP contribution in [-0.4, -0.2) is 9.97 Å². The van der Waals surface area contributed by atoms with Crippen molar-refractivity contribution in [1.82, 2.24) is 9.97 Å². The van der Waals surface area contributed by atoms with E-state index >= 15 is 0 Å². The molecule has 2 rings (SSSR count). The number of aromatic nitrogens is 2. The molecule has 2 aromatic rings. The number of nitrogens with two attached hydrogens (primary N) is 1. The second-order valence-corrected chi connectivity index (χ2v) is 5.78. The maximum absolute atomic E-state index is 5.47. The molecule has 1 heterocycles. The number of hydrogen-bond acceptors (Lipinski definition) is 5. The first-order valence-electron chi connectivity index (χ1n) is 6.99. The molecule has 1 aromatic carbocycles. The maximum Gasteiger partial charge on any atom is 0.145 e. The van der Waals surface area contributed by atoms with E-state index < -0.39 is 0 Å². The molecule has 0 saturated heterocycles. The van der Waals surface area contributed by atoms with E-state index in [9.17, 15) is 0 Å². The van der Waals surface area contributed by atoms with Crippen LogP contribution in [0.5, 0.6) is 0 Å². The summed E-state index contributed by atoms with van der Waals surface area (Å²) in [5, 5.41) is 3.39. The van der Waals surface area contributed by atoms with Crippen LogP contribution in [0.15, 0.2) is 34.8 Å². The van der Waals surface area contributed by atoms with Crippen LogP contribution in [0.2, 0.25) is 0 Å². The second kappa shape index (κ2) is 7.38. The molecule has 112 valence electrons. The Hall–Kier alpha value is -1.66. The van der Waals surface area contributed by atoms with E-state index in [4.69, 9.17) is 5.84 Å². The van der Waals surface area contributed by atoms with Gasteiger partial charge in [-0.1, -0.05) is 35.0 Å². The molecule has 0 aliphatic heterocycles. The SMILES string of the molecule is CCCc1nc(NN)cc(NC(C)c2ccc(Br)cc2)n1. The summed E-state index contributed by atoms with van der Waals surface area (Å²) in [5.74, 6) is 7.66. The van der Waals surface area contributed by atoms with Gasteiger partial charge in [-0.3, -0.25) is 0 Å². The van der Waals surface area contributed by atoms with Gasteiger partial charge < -0.3 is 10.7 Å². The highest BCUT2D eigenvalue weighted by Crippen LogP contribution is 2.21. The average Bonchev–Trinajstić information content (AvgIpc) is 2.48. The molecule has 0 amide bonds. The van der Waals surface area contributed by atoms with Gasteiger partial charge in [-0.15, -0.1) is 0 Å². The predicted molar refractivity (Wildman–Crippen MR) is 90.0 cm³/mol. The number of nitrogens with one attached hydrogen (secondary N) is 2. The summed E-state index contributed by atoms with van der Waals surface area (Å²) in [6.07, 6.45) is 1.83. The lowest BCUT2D eigenvalue weighted by molar-refractivity contribution is 0.819. The zero-order valence-electron chi connectivity index (χ0n) is 12.2. The third-order valence-electron chi connectivity index (χ3n) is 3.13. The molecule has 0 radical (unpaired) electrons. The lowest BCUT2D eigenvalue weighted by Gasteiger charge is -2.16. The van der Waals surface area contributed by atoms with Crippen molar-refractivity contribution in [3.05, 3.63) is 46.2 Å². The minimum absolute atomic E-state index is 0.146. The van der Waals surface area contributed by atoms with E-state index in [0.29, 0.717) is 5.82 Å². The first-order chi connectivity index (χ1) is 10.1. The van der Waals surface area contributed by atoms with Crippen LogP contribution in [0, 0.1) is 0 Å². The highest BCUT2D eigenvalue weighted by molar-refractivity contribution is 9.10. The largest absolute Gasteiger partial charge is 0.363 e. The van der Waals surface area contributed by atoms with Gasteiger partial charge in [-0.05, 0) is 31.0 Å². The Morgan fingerprint density at radius 3 is 2.48 bits per heavy atom. The van der Waals surface area contributed by atoms with E-state index in [-0.39, 0.29) is 6.04 Å². The summed E-state index contributed by atoms with van der Waals surface area (Å²) in [4.78, 5) is 8.87. The standard InChI is InChI=1S/C15H20BrN5/c1-3-4-13-19-14(9-15(20-13)21-17)18-10(2)11-5-7-12(16)8-6-11/h5-10H,3-4,17H2,1-2H3,(H2,18,19,20,21). The summed E-state index contributed by atoms with van der Waals surface area (Å²) in [7, 11) is 0. The molecule has 1 atom stereocenters. The molecule has 6 heteroatoms. The first-order valence-corrected chi connectivity index (χ1v) is 7.78. The number of rotatable bonds is 6. The first kappa shape index (κ1) is 15.7. The minimum Gasteiger partial charge on any atom is -0.363 e. The summed E-state index contributed by atoms with van der Waals surface area (Å²) in [6.45, 7) is 4.20. The molecule has 0 bridgehead atoms. The normalized spacial score (nSPS) is 12.0. The number of halogens is 1. The van der Waals surface area contributed by atoms with E-state index in [0.717, 1.165) is 29.0 Å². The predicted octanol–water partition coefficient (Wildman–Crippen LogP) is 3.65. The van der Waals surface area contributed by atoms with Crippen LogP contribution in [0.3, 0.4) is 0 Å². The molecule has 0 aliphatic carbocycles. The van der Waals surface area contributed by atoms with Crippen LogP contribution < -0.4 is 16.6 Å². The van der Waals surface area contributed by atoms with Gasteiger partial charge in [-0.25, -0.2) is 15.8 Å². The molecule has 4 N–H and O–H groups in total. The lowest BCUT2D eigenvalue weighted by atomic mass is 10.1. The monoisotopic (exact) mass is 349 g/mol. The topological polar surface area (TPSA) is 75.9 Å². The Morgan fingerprint density at radius 2 is 1.86 bits per heavy atom. The van der Waals surface area contributed by atoms with Gasteiger partial charge in [0.05, 0.1) is 0 Å². The van der Waals surface area contributed by atoms with Crippen LogP contribution in [-0.2, 0) is 6.42 Å². The van der Waals surface area contributed by atoms with E-state index in [2.05, 4.69) is 62.6 Å². The van der Waals surface area contributed by atoms with Gasteiger partial charge in [0.25, 0.3) is 0 Å². The Morgan fingerprint density at radius 1 is 1.19 bits per heavy atom. The van der Waals surface area contributed by atoms with E-state index in [1.54, 1.807) is 0 Å². The quantitative estimate of drug-likeness (QED) is 0.548. The molecule has 0 fully saturated rings. The highest BCUT2D eigenvalue weighted by Gasteiger charge is 2.09. The smallest absolute Gasteiger partial charge is 0.145 e. The van der Waals surface area contributed by atoms with Crippen molar-refractivity contribution in [2.45, 2.75) is 32.7 Å². The van der Waals surface area contributed by atoms with Crippen LogP contribution >= 0.6 is 15.9 Å². The van der Waals surface area contributed by atoms with Crippen molar-refractivity contribution >= 4 is 27.6 Å². The number of hydrogen-bond donors (Lipinski definition) is 3. The minimum atomic E-state index is 0.146. The van der Waals surface area contributed by atoms with E-state index in [1.165, 1.54) is 5.56 Å². The molecule has 0 aliphatic rings. The van der Waals surface area contributed by atoms with Gasteiger partial charge in [0.1, 0.15) is 17.5 Å². The number of nitrogens with zero attached hydrogens (tertiary/aromatic N) is 2. The summed E-state index contributed by atoms with van der Waals surface area (Å²) < 4.78 is 1.07. The number of anilines is 2. The maximum atomic E-state index is 5.47. The second-order valence-electron chi connectivity index (χ2n) is 4.87. The Bertz CT molecular complexity index is 585. The number of aryl methyl sites for hydroxylation is 1. The van der Waals surface area contributed by atoms with Crippen molar-refractivity contribution in [3.8, 4) is 0 Å². The average molecular weight is 350 g/mol. The third-order valence-corrected chi connectivity index (χ3v) is 3.66. The lowest BCUT2D eigenvalue weighted by Crippen LogP contribution is -2.14. The molecule has 1 aromatic heterocycles. The van der Waals surface area contributed by atoms with Gasteiger partial charge in [-0.2, -0.15) is 0 Å². The number of benzene rings is 1.